The minimum absolute atomic E-state index is 0.205. The van der Waals surface area contributed by atoms with Gasteiger partial charge in [0.2, 0.25) is 5.75 Å². The van der Waals surface area contributed by atoms with Crippen LogP contribution in [-0.4, -0.2) is 40.3 Å². The fraction of sp³-hybridized carbons (Fsp3) is 0.278. The highest BCUT2D eigenvalue weighted by atomic mass is 16.5. The van der Waals surface area contributed by atoms with Gasteiger partial charge in [-0.25, -0.2) is 0 Å². The molecule has 0 saturated carbocycles. The van der Waals surface area contributed by atoms with E-state index < -0.39 is 0 Å². The van der Waals surface area contributed by atoms with Crippen LogP contribution in [0.5, 0.6) is 17.2 Å². The smallest absolute Gasteiger partial charge is 0.251 e. The maximum atomic E-state index is 12.3. The number of ether oxygens (including phenoxy) is 3. The SMILES string of the molecule is COc1cc(C(=O)NCCNc2ccccc2)cc(OC)c1OC. The Morgan fingerprint density at radius 1 is 0.917 bits per heavy atom. The molecule has 0 aliphatic heterocycles. The average molecular weight is 330 g/mol. The molecular weight excluding hydrogens is 308 g/mol. The third kappa shape index (κ3) is 4.32. The molecule has 24 heavy (non-hydrogen) atoms. The molecule has 1 amide bonds. The number of amides is 1. The van der Waals surface area contributed by atoms with E-state index in [2.05, 4.69) is 10.6 Å². The van der Waals surface area contributed by atoms with Crippen molar-refractivity contribution in [2.45, 2.75) is 0 Å². The van der Waals surface area contributed by atoms with Gasteiger partial charge in [0.05, 0.1) is 21.3 Å². The zero-order valence-electron chi connectivity index (χ0n) is 14.1. The van der Waals surface area contributed by atoms with Gasteiger partial charge in [-0.15, -0.1) is 0 Å². The van der Waals surface area contributed by atoms with Gasteiger partial charge in [0.1, 0.15) is 0 Å². The predicted octanol–water partition coefficient (Wildman–Crippen LogP) is 2.55. The number of para-hydroxylation sites is 1. The molecule has 2 aromatic carbocycles. The quantitative estimate of drug-likeness (QED) is 0.728. The summed E-state index contributed by atoms with van der Waals surface area (Å²) in [4.78, 5) is 12.3. The van der Waals surface area contributed by atoms with Crippen LogP contribution in [0.1, 0.15) is 10.4 Å². The topological polar surface area (TPSA) is 68.8 Å². The zero-order valence-corrected chi connectivity index (χ0v) is 14.1. The molecular formula is C18H22N2O4. The molecule has 0 radical (unpaired) electrons. The molecule has 2 aromatic rings. The van der Waals surface area contributed by atoms with Crippen molar-refractivity contribution in [1.82, 2.24) is 5.32 Å². The minimum Gasteiger partial charge on any atom is -0.493 e. The summed E-state index contributed by atoms with van der Waals surface area (Å²) in [5.74, 6) is 1.15. The molecule has 0 fully saturated rings. The Morgan fingerprint density at radius 2 is 1.54 bits per heavy atom. The standard InChI is InChI=1S/C18H22N2O4/c1-22-15-11-13(12-16(23-2)17(15)24-3)18(21)20-10-9-19-14-7-5-4-6-8-14/h4-8,11-12,19H,9-10H2,1-3H3,(H,20,21). The third-order valence-corrected chi connectivity index (χ3v) is 3.44. The van der Waals surface area contributed by atoms with Crippen molar-refractivity contribution >= 4 is 11.6 Å². The molecule has 0 atom stereocenters. The van der Waals surface area contributed by atoms with Crippen LogP contribution in [0, 0.1) is 0 Å². The van der Waals surface area contributed by atoms with E-state index >= 15 is 0 Å². The first-order chi connectivity index (χ1) is 11.7. The Bertz CT molecular complexity index is 649. The summed E-state index contributed by atoms with van der Waals surface area (Å²) >= 11 is 0. The van der Waals surface area contributed by atoms with Gasteiger partial charge in [0.15, 0.2) is 11.5 Å². The first kappa shape index (κ1) is 17.5. The minimum atomic E-state index is -0.205. The zero-order chi connectivity index (χ0) is 17.4. The molecule has 0 spiro atoms. The summed E-state index contributed by atoms with van der Waals surface area (Å²) in [6.07, 6.45) is 0. The number of anilines is 1. The number of methoxy groups -OCH3 is 3. The van der Waals surface area contributed by atoms with Crippen LogP contribution in [0.15, 0.2) is 42.5 Å². The van der Waals surface area contributed by atoms with Crippen LogP contribution < -0.4 is 24.8 Å². The number of nitrogens with one attached hydrogen (secondary N) is 2. The summed E-state index contributed by atoms with van der Waals surface area (Å²) in [6.45, 7) is 1.12. The molecule has 128 valence electrons. The van der Waals surface area contributed by atoms with Crippen molar-refractivity contribution in [3.05, 3.63) is 48.0 Å². The van der Waals surface area contributed by atoms with Crippen molar-refractivity contribution in [2.24, 2.45) is 0 Å². The van der Waals surface area contributed by atoms with Crippen molar-refractivity contribution < 1.29 is 19.0 Å². The summed E-state index contributed by atoms with van der Waals surface area (Å²) in [5, 5.41) is 6.09. The molecule has 2 N–H and O–H groups in total. The lowest BCUT2D eigenvalue weighted by Gasteiger charge is -2.14. The van der Waals surface area contributed by atoms with E-state index in [1.165, 1.54) is 21.3 Å². The van der Waals surface area contributed by atoms with Crippen LogP contribution in [0.2, 0.25) is 0 Å². The summed E-state index contributed by atoms with van der Waals surface area (Å²) in [7, 11) is 4.56. The first-order valence-corrected chi connectivity index (χ1v) is 7.56. The average Bonchev–Trinajstić information content (AvgIpc) is 2.64. The highest BCUT2D eigenvalue weighted by molar-refractivity contribution is 5.95. The summed E-state index contributed by atoms with van der Waals surface area (Å²) < 4.78 is 15.8. The molecule has 6 nitrogen and oxygen atoms in total. The molecule has 0 saturated heterocycles. The Balaban J connectivity index is 1.96. The molecule has 0 aromatic heterocycles. The van der Waals surface area contributed by atoms with E-state index in [1.807, 2.05) is 30.3 Å². The van der Waals surface area contributed by atoms with Crippen LogP contribution >= 0.6 is 0 Å². The molecule has 0 aliphatic rings. The van der Waals surface area contributed by atoms with Crippen molar-refractivity contribution in [3.63, 3.8) is 0 Å². The van der Waals surface area contributed by atoms with Gasteiger partial charge in [-0.05, 0) is 24.3 Å². The van der Waals surface area contributed by atoms with Gasteiger partial charge in [-0.3, -0.25) is 4.79 Å². The Hall–Kier alpha value is -2.89. The van der Waals surface area contributed by atoms with Gasteiger partial charge >= 0.3 is 0 Å². The van der Waals surface area contributed by atoms with E-state index in [-0.39, 0.29) is 5.91 Å². The second-order valence-electron chi connectivity index (χ2n) is 4.96. The van der Waals surface area contributed by atoms with Gasteiger partial charge < -0.3 is 24.8 Å². The molecule has 0 bridgehead atoms. The number of carbonyl (C=O) groups is 1. The highest BCUT2D eigenvalue weighted by Crippen LogP contribution is 2.38. The molecule has 2 rings (SSSR count). The van der Waals surface area contributed by atoms with E-state index in [0.717, 1.165) is 5.69 Å². The number of benzene rings is 2. The number of carbonyl (C=O) groups excluding carboxylic acids is 1. The second kappa shape index (κ2) is 8.67. The third-order valence-electron chi connectivity index (χ3n) is 3.44. The second-order valence-corrected chi connectivity index (χ2v) is 4.96. The number of hydrogen-bond acceptors (Lipinski definition) is 5. The van der Waals surface area contributed by atoms with Gasteiger partial charge in [-0.2, -0.15) is 0 Å². The highest BCUT2D eigenvalue weighted by Gasteiger charge is 2.16. The maximum Gasteiger partial charge on any atom is 0.251 e. The monoisotopic (exact) mass is 330 g/mol. The van der Waals surface area contributed by atoms with Crippen LogP contribution in [0.3, 0.4) is 0 Å². The number of rotatable bonds is 8. The fourth-order valence-electron chi connectivity index (χ4n) is 2.25. The van der Waals surface area contributed by atoms with Gasteiger partial charge in [-0.1, -0.05) is 18.2 Å². The lowest BCUT2D eigenvalue weighted by atomic mass is 10.1. The lowest BCUT2D eigenvalue weighted by Crippen LogP contribution is -2.28. The van der Waals surface area contributed by atoms with Crippen LogP contribution in [0.4, 0.5) is 5.69 Å². The van der Waals surface area contributed by atoms with Crippen LogP contribution in [0.25, 0.3) is 0 Å². The summed E-state index contributed by atoms with van der Waals surface area (Å²) in [6, 6.07) is 13.1. The van der Waals surface area contributed by atoms with Crippen molar-refractivity contribution in [2.75, 3.05) is 39.7 Å². The van der Waals surface area contributed by atoms with Crippen molar-refractivity contribution in [1.29, 1.82) is 0 Å². The van der Waals surface area contributed by atoms with E-state index in [0.29, 0.717) is 35.9 Å². The molecule has 0 aliphatic carbocycles. The van der Waals surface area contributed by atoms with Gasteiger partial charge in [0, 0.05) is 24.3 Å². The molecule has 0 unspecified atom stereocenters. The summed E-state index contributed by atoms with van der Waals surface area (Å²) in [5.41, 5.74) is 1.46. The first-order valence-electron chi connectivity index (χ1n) is 7.56. The van der Waals surface area contributed by atoms with Crippen molar-refractivity contribution in [3.8, 4) is 17.2 Å². The van der Waals surface area contributed by atoms with E-state index in [1.54, 1.807) is 12.1 Å². The van der Waals surface area contributed by atoms with Gasteiger partial charge in [0.25, 0.3) is 5.91 Å². The maximum absolute atomic E-state index is 12.3. The van der Waals surface area contributed by atoms with E-state index in [9.17, 15) is 4.79 Å². The lowest BCUT2D eigenvalue weighted by molar-refractivity contribution is 0.0954. The Morgan fingerprint density at radius 3 is 2.08 bits per heavy atom. The molecule has 6 heteroatoms. The predicted molar refractivity (Wildman–Crippen MR) is 93.4 cm³/mol. The Labute approximate surface area is 141 Å². The fourth-order valence-corrected chi connectivity index (χ4v) is 2.25. The number of hydrogen-bond donors (Lipinski definition) is 2. The molecule has 0 heterocycles. The largest absolute Gasteiger partial charge is 0.493 e. The van der Waals surface area contributed by atoms with Crippen LogP contribution in [-0.2, 0) is 0 Å². The normalized spacial score (nSPS) is 9.96. The van der Waals surface area contributed by atoms with E-state index in [4.69, 9.17) is 14.2 Å². The Kier molecular flexibility index (Phi) is 6.31.